The molecule has 1 amide bonds. The van der Waals surface area contributed by atoms with E-state index >= 15 is 0 Å². The Morgan fingerprint density at radius 3 is 2.76 bits per heavy atom. The second-order valence-corrected chi connectivity index (χ2v) is 4.23. The van der Waals surface area contributed by atoms with Gasteiger partial charge in [-0.1, -0.05) is 24.6 Å². The second kappa shape index (κ2) is 6.25. The van der Waals surface area contributed by atoms with Crippen LogP contribution in [0.4, 0.5) is 0 Å². The molecule has 0 heterocycles. The number of amides is 1. The lowest BCUT2D eigenvalue weighted by atomic mass is 10.1. The molecule has 1 atom stereocenters. The number of carboxylic acid groups (broad SMARTS) is 1. The minimum Gasteiger partial charge on any atom is -0.481 e. The Bertz CT molecular complexity index is 420. The Labute approximate surface area is 105 Å². The van der Waals surface area contributed by atoms with E-state index in [4.69, 9.17) is 16.7 Å². The summed E-state index contributed by atoms with van der Waals surface area (Å²) in [4.78, 5) is 22.2. The van der Waals surface area contributed by atoms with Crippen LogP contribution >= 0.6 is 11.6 Å². The van der Waals surface area contributed by atoms with Crippen LogP contribution in [0.3, 0.4) is 0 Å². The van der Waals surface area contributed by atoms with Gasteiger partial charge in [0.15, 0.2) is 0 Å². The molecule has 0 aliphatic rings. The highest BCUT2D eigenvalue weighted by atomic mass is 35.5. The fourth-order valence-corrected chi connectivity index (χ4v) is 1.45. The first kappa shape index (κ1) is 13.5. The maximum Gasteiger partial charge on any atom is 0.306 e. The molecule has 1 aromatic carbocycles. The molecule has 1 unspecified atom stereocenters. The molecule has 0 saturated carbocycles. The van der Waals surface area contributed by atoms with E-state index in [0.29, 0.717) is 23.6 Å². The van der Waals surface area contributed by atoms with Crippen molar-refractivity contribution >= 4 is 23.5 Å². The van der Waals surface area contributed by atoms with E-state index in [1.54, 1.807) is 31.2 Å². The van der Waals surface area contributed by atoms with Gasteiger partial charge in [-0.05, 0) is 24.6 Å². The Morgan fingerprint density at radius 1 is 1.47 bits per heavy atom. The van der Waals surface area contributed by atoms with Gasteiger partial charge in [-0.15, -0.1) is 0 Å². The van der Waals surface area contributed by atoms with Crippen LogP contribution in [0.2, 0.25) is 5.02 Å². The smallest absolute Gasteiger partial charge is 0.306 e. The Morgan fingerprint density at radius 2 is 2.18 bits per heavy atom. The van der Waals surface area contributed by atoms with Gasteiger partial charge < -0.3 is 10.4 Å². The van der Waals surface area contributed by atoms with Crippen LogP contribution in [0.25, 0.3) is 0 Å². The molecular weight excluding hydrogens is 242 g/mol. The van der Waals surface area contributed by atoms with Crippen molar-refractivity contribution < 1.29 is 14.7 Å². The Hall–Kier alpha value is -1.55. The van der Waals surface area contributed by atoms with Crippen molar-refractivity contribution in [2.24, 2.45) is 5.92 Å². The summed E-state index contributed by atoms with van der Waals surface area (Å²) in [6.07, 6.45) is 0.404. The van der Waals surface area contributed by atoms with Crippen LogP contribution in [-0.4, -0.2) is 23.5 Å². The molecule has 0 aliphatic heterocycles. The van der Waals surface area contributed by atoms with E-state index in [-0.39, 0.29) is 5.91 Å². The van der Waals surface area contributed by atoms with Gasteiger partial charge in [0.25, 0.3) is 5.91 Å². The van der Waals surface area contributed by atoms with E-state index in [0.717, 1.165) is 0 Å². The second-order valence-electron chi connectivity index (χ2n) is 3.79. The topological polar surface area (TPSA) is 66.4 Å². The molecule has 1 rings (SSSR count). The number of carboxylic acids is 1. The lowest BCUT2D eigenvalue weighted by Gasteiger charge is -2.08. The largest absolute Gasteiger partial charge is 0.481 e. The first-order chi connectivity index (χ1) is 8.00. The monoisotopic (exact) mass is 255 g/mol. The molecule has 0 saturated heterocycles. The summed E-state index contributed by atoms with van der Waals surface area (Å²) in [6, 6.07) is 6.60. The Kier molecular flexibility index (Phi) is 4.97. The molecule has 0 spiro atoms. The third-order valence-electron chi connectivity index (χ3n) is 2.37. The van der Waals surface area contributed by atoms with E-state index in [1.807, 2.05) is 0 Å². The quantitative estimate of drug-likeness (QED) is 0.848. The predicted octanol–water partition coefficient (Wildman–Crippen LogP) is 2.18. The highest BCUT2D eigenvalue weighted by molar-refractivity contribution is 6.30. The molecule has 1 aromatic rings. The molecule has 0 aromatic heterocycles. The van der Waals surface area contributed by atoms with E-state index in [9.17, 15) is 9.59 Å². The lowest BCUT2D eigenvalue weighted by molar-refractivity contribution is -0.141. The highest BCUT2D eigenvalue weighted by Gasteiger charge is 2.11. The standard InChI is InChI=1S/C12H14ClNO3/c1-8(12(16)17)5-6-14-11(15)9-3-2-4-10(13)7-9/h2-4,7-8H,5-6H2,1H3,(H,14,15)(H,16,17). The molecule has 2 N–H and O–H groups in total. The number of nitrogens with one attached hydrogen (secondary N) is 1. The summed E-state index contributed by atoms with van der Waals surface area (Å²) in [6.45, 7) is 1.94. The van der Waals surface area contributed by atoms with Crippen molar-refractivity contribution in [1.82, 2.24) is 5.32 Å². The molecule has 0 aliphatic carbocycles. The highest BCUT2D eigenvalue weighted by Crippen LogP contribution is 2.10. The van der Waals surface area contributed by atoms with Crippen molar-refractivity contribution in [2.75, 3.05) is 6.54 Å². The molecule has 4 nitrogen and oxygen atoms in total. The number of halogens is 1. The third-order valence-corrected chi connectivity index (χ3v) is 2.61. The number of benzene rings is 1. The first-order valence-electron chi connectivity index (χ1n) is 5.27. The summed E-state index contributed by atoms with van der Waals surface area (Å²) in [5.41, 5.74) is 0.473. The van der Waals surface area contributed by atoms with E-state index < -0.39 is 11.9 Å². The third kappa shape index (κ3) is 4.44. The summed E-state index contributed by atoms with van der Waals surface area (Å²) in [5, 5.41) is 11.8. The van der Waals surface area contributed by atoms with Gasteiger partial charge in [0.05, 0.1) is 5.92 Å². The molecule has 92 valence electrons. The van der Waals surface area contributed by atoms with Crippen molar-refractivity contribution in [3.05, 3.63) is 34.9 Å². The molecule has 17 heavy (non-hydrogen) atoms. The van der Waals surface area contributed by atoms with E-state index in [2.05, 4.69) is 5.32 Å². The zero-order valence-electron chi connectivity index (χ0n) is 9.44. The van der Waals surface area contributed by atoms with Crippen LogP contribution in [0, 0.1) is 5.92 Å². The molecular formula is C12H14ClNO3. The maximum atomic E-state index is 11.6. The van der Waals surface area contributed by atoms with Gasteiger partial charge in [-0.3, -0.25) is 9.59 Å². The number of aliphatic carboxylic acids is 1. The number of hydrogen-bond donors (Lipinski definition) is 2. The van der Waals surface area contributed by atoms with Crippen molar-refractivity contribution in [2.45, 2.75) is 13.3 Å². The summed E-state index contributed by atoms with van der Waals surface area (Å²) in [7, 11) is 0. The summed E-state index contributed by atoms with van der Waals surface area (Å²) < 4.78 is 0. The number of hydrogen-bond acceptors (Lipinski definition) is 2. The van der Waals surface area contributed by atoms with Crippen molar-refractivity contribution in [3.63, 3.8) is 0 Å². The fourth-order valence-electron chi connectivity index (χ4n) is 1.26. The van der Waals surface area contributed by atoms with Gasteiger partial charge in [-0.2, -0.15) is 0 Å². The Balaban J connectivity index is 2.43. The van der Waals surface area contributed by atoms with Crippen LogP contribution in [0.5, 0.6) is 0 Å². The molecule has 5 heteroatoms. The average Bonchev–Trinajstić information content (AvgIpc) is 2.28. The van der Waals surface area contributed by atoms with Gasteiger partial charge in [0, 0.05) is 17.1 Å². The van der Waals surface area contributed by atoms with Gasteiger partial charge in [0.2, 0.25) is 0 Å². The van der Waals surface area contributed by atoms with Crippen LogP contribution < -0.4 is 5.32 Å². The van der Waals surface area contributed by atoms with Crippen molar-refractivity contribution in [1.29, 1.82) is 0 Å². The summed E-state index contributed by atoms with van der Waals surface area (Å²) >= 11 is 5.76. The van der Waals surface area contributed by atoms with Crippen LogP contribution in [0.1, 0.15) is 23.7 Å². The minimum atomic E-state index is -0.859. The zero-order chi connectivity index (χ0) is 12.8. The van der Waals surface area contributed by atoms with Gasteiger partial charge in [0.1, 0.15) is 0 Å². The van der Waals surface area contributed by atoms with Crippen LogP contribution in [0.15, 0.2) is 24.3 Å². The van der Waals surface area contributed by atoms with Gasteiger partial charge >= 0.3 is 5.97 Å². The van der Waals surface area contributed by atoms with E-state index in [1.165, 1.54) is 0 Å². The SMILES string of the molecule is CC(CCNC(=O)c1cccc(Cl)c1)C(=O)O. The fraction of sp³-hybridized carbons (Fsp3) is 0.333. The maximum absolute atomic E-state index is 11.6. The normalized spacial score (nSPS) is 11.9. The zero-order valence-corrected chi connectivity index (χ0v) is 10.2. The van der Waals surface area contributed by atoms with Gasteiger partial charge in [-0.25, -0.2) is 0 Å². The van der Waals surface area contributed by atoms with Crippen molar-refractivity contribution in [3.8, 4) is 0 Å². The number of carbonyl (C=O) groups excluding carboxylic acids is 1. The first-order valence-corrected chi connectivity index (χ1v) is 5.65. The minimum absolute atomic E-state index is 0.245. The molecule has 0 bridgehead atoms. The number of rotatable bonds is 5. The predicted molar refractivity (Wildman–Crippen MR) is 65.2 cm³/mol. The summed E-state index contributed by atoms with van der Waals surface area (Å²) in [5.74, 6) is -1.57. The average molecular weight is 256 g/mol. The van der Waals surface area contributed by atoms with Crippen LogP contribution in [-0.2, 0) is 4.79 Å². The molecule has 0 radical (unpaired) electrons. The lowest BCUT2D eigenvalue weighted by Crippen LogP contribution is -2.26. The number of carbonyl (C=O) groups is 2. The molecule has 0 fully saturated rings.